The van der Waals surface area contributed by atoms with Crippen molar-refractivity contribution in [1.29, 1.82) is 0 Å². The molecule has 0 saturated heterocycles. The van der Waals surface area contributed by atoms with Gasteiger partial charge in [0.1, 0.15) is 12.2 Å². The van der Waals surface area contributed by atoms with E-state index in [4.69, 9.17) is 6.57 Å². The number of aryl methyl sites for hydroxylation is 2. The standard InChI is InChI=1S/C15H13N5/c1-4-20-14-7-11(16-3)5-6-13(14)19-15(20)12-8-17-9-18-10(12)2/h5-9H,4H2,1-2H3. The lowest BCUT2D eigenvalue weighted by atomic mass is 10.2. The molecule has 0 N–H and O–H groups in total. The summed E-state index contributed by atoms with van der Waals surface area (Å²) in [6.07, 6.45) is 3.32. The van der Waals surface area contributed by atoms with Crippen LogP contribution in [0, 0.1) is 13.5 Å². The molecule has 98 valence electrons. The molecule has 1 aromatic carbocycles. The third-order valence-electron chi connectivity index (χ3n) is 3.33. The number of nitrogens with zero attached hydrogens (tertiary/aromatic N) is 5. The Morgan fingerprint density at radius 3 is 2.90 bits per heavy atom. The molecule has 2 heterocycles. The van der Waals surface area contributed by atoms with Gasteiger partial charge in [-0.25, -0.2) is 19.8 Å². The Labute approximate surface area is 116 Å². The highest BCUT2D eigenvalue weighted by atomic mass is 15.1. The van der Waals surface area contributed by atoms with E-state index in [-0.39, 0.29) is 0 Å². The van der Waals surface area contributed by atoms with E-state index in [9.17, 15) is 0 Å². The molecule has 0 saturated carbocycles. The van der Waals surface area contributed by atoms with E-state index in [2.05, 4.69) is 31.3 Å². The second kappa shape index (κ2) is 4.74. The van der Waals surface area contributed by atoms with Crippen molar-refractivity contribution >= 4 is 16.7 Å². The fourth-order valence-electron chi connectivity index (χ4n) is 2.32. The summed E-state index contributed by atoms with van der Waals surface area (Å²) in [7, 11) is 0. The zero-order valence-corrected chi connectivity index (χ0v) is 11.3. The van der Waals surface area contributed by atoms with Crippen molar-refractivity contribution in [2.45, 2.75) is 20.4 Å². The maximum atomic E-state index is 7.13. The van der Waals surface area contributed by atoms with Crippen LogP contribution in [0.5, 0.6) is 0 Å². The third kappa shape index (κ3) is 1.82. The summed E-state index contributed by atoms with van der Waals surface area (Å²) in [4.78, 5) is 16.5. The van der Waals surface area contributed by atoms with Crippen LogP contribution in [0.1, 0.15) is 12.6 Å². The largest absolute Gasteiger partial charge is 0.325 e. The van der Waals surface area contributed by atoms with Crippen molar-refractivity contribution in [3.63, 3.8) is 0 Å². The Morgan fingerprint density at radius 1 is 1.35 bits per heavy atom. The molecular weight excluding hydrogens is 250 g/mol. The number of imidazole rings is 1. The van der Waals surface area contributed by atoms with Crippen molar-refractivity contribution < 1.29 is 0 Å². The van der Waals surface area contributed by atoms with E-state index < -0.39 is 0 Å². The lowest BCUT2D eigenvalue weighted by Gasteiger charge is -2.07. The van der Waals surface area contributed by atoms with E-state index in [1.54, 1.807) is 12.3 Å². The average molecular weight is 263 g/mol. The number of fused-ring (bicyclic) bond motifs is 1. The molecule has 5 heteroatoms. The van der Waals surface area contributed by atoms with E-state index >= 15 is 0 Å². The van der Waals surface area contributed by atoms with E-state index in [0.717, 1.165) is 34.7 Å². The molecule has 0 bridgehead atoms. The Kier molecular flexibility index (Phi) is 2.92. The van der Waals surface area contributed by atoms with Gasteiger partial charge in [-0.15, -0.1) is 0 Å². The van der Waals surface area contributed by atoms with E-state index in [1.807, 2.05) is 19.1 Å². The van der Waals surface area contributed by atoms with Crippen LogP contribution in [0.3, 0.4) is 0 Å². The fraction of sp³-hybridized carbons (Fsp3) is 0.200. The van der Waals surface area contributed by atoms with Crippen molar-refractivity contribution in [3.05, 3.63) is 47.8 Å². The van der Waals surface area contributed by atoms with Gasteiger partial charge in [0.2, 0.25) is 0 Å². The van der Waals surface area contributed by atoms with Gasteiger partial charge >= 0.3 is 0 Å². The van der Waals surface area contributed by atoms with Crippen LogP contribution in [-0.4, -0.2) is 19.5 Å². The first kappa shape index (κ1) is 12.3. The molecular formula is C15H13N5. The average Bonchev–Trinajstić information content (AvgIpc) is 2.84. The quantitative estimate of drug-likeness (QED) is 0.666. The van der Waals surface area contributed by atoms with E-state index in [1.165, 1.54) is 6.33 Å². The summed E-state index contributed by atoms with van der Waals surface area (Å²) < 4.78 is 2.09. The van der Waals surface area contributed by atoms with Crippen molar-refractivity contribution in [2.75, 3.05) is 0 Å². The van der Waals surface area contributed by atoms with Crippen LogP contribution in [-0.2, 0) is 6.54 Å². The van der Waals surface area contributed by atoms with Gasteiger partial charge in [0.25, 0.3) is 0 Å². The smallest absolute Gasteiger partial charge is 0.189 e. The van der Waals surface area contributed by atoms with Crippen molar-refractivity contribution in [3.8, 4) is 11.4 Å². The van der Waals surface area contributed by atoms with Gasteiger partial charge in [0.15, 0.2) is 5.69 Å². The first-order valence-corrected chi connectivity index (χ1v) is 6.39. The molecule has 0 aliphatic carbocycles. The maximum absolute atomic E-state index is 7.13. The summed E-state index contributed by atoms with van der Waals surface area (Å²) >= 11 is 0. The number of rotatable bonds is 2. The Balaban J connectivity index is 2.32. The summed E-state index contributed by atoms with van der Waals surface area (Å²) in [5, 5.41) is 0. The van der Waals surface area contributed by atoms with Crippen LogP contribution in [0.4, 0.5) is 5.69 Å². The Hall–Kier alpha value is -2.74. The molecule has 2 aromatic heterocycles. The van der Waals surface area contributed by atoms with Gasteiger partial charge in [0.05, 0.1) is 28.9 Å². The number of hydrogen-bond acceptors (Lipinski definition) is 3. The van der Waals surface area contributed by atoms with Crippen LogP contribution < -0.4 is 0 Å². The molecule has 3 rings (SSSR count). The van der Waals surface area contributed by atoms with Gasteiger partial charge in [-0.05, 0) is 26.0 Å². The Morgan fingerprint density at radius 2 is 2.20 bits per heavy atom. The predicted molar refractivity (Wildman–Crippen MR) is 77.4 cm³/mol. The van der Waals surface area contributed by atoms with Crippen molar-refractivity contribution in [2.24, 2.45) is 0 Å². The van der Waals surface area contributed by atoms with Gasteiger partial charge < -0.3 is 4.57 Å². The molecule has 0 spiro atoms. The molecule has 0 aliphatic rings. The second-order valence-corrected chi connectivity index (χ2v) is 4.49. The zero-order chi connectivity index (χ0) is 14.1. The molecule has 3 aromatic rings. The second-order valence-electron chi connectivity index (χ2n) is 4.49. The zero-order valence-electron chi connectivity index (χ0n) is 11.3. The minimum atomic E-state index is 0.625. The molecule has 0 atom stereocenters. The van der Waals surface area contributed by atoms with Gasteiger partial charge in [0, 0.05) is 12.7 Å². The molecule has 0 fully saturated rings. The number of hydrogen-bond donors (Lipinski definition) is 0. The maximum Gasteiger partial charge on any atom is 0.189 e. The SMILES string of the molecule is [C-]#[N+]c1ccc2nc(-c3cncnc3C)n(CC)c2c1. The first-order chi connectivity index (χ1) is 9.74. The molecule has 20 heavy (non-hydrogen) atoms. The topological polar surface area (TPSA) is 48.0 Å². The van der Waals surface area contributed by atoms with Gasteiger partial charge in [-0.2, -0.15) is 0 Å². The summed E-state index contributed by atoms with van der Waals surface area (Å²) in [5.74, 6) is 0.850. The highest BCUT2D eigenvalue weighted by Crippen LogP contribution is 2.28. The van der Waals surface area contributed by atoms with Crippen LogP contribution in [0.15, 0.2) is 30.7 Å². The van der Waals surface area contributed by atoms with E-state index in [0.29, 0.717) is 5.69 Å². The van der Waals surface area contributed by atoms with Gasteiger partial charge in [-0.1, -0.05) is 6.07 Å². The van der Waals surface area contributed by atoms with Crippen molar-refractivity contribution in [1.82, 2.24) is 19.5 Å². The lowest BCUT2D eigenvalue weighted by molar-refractivity contribution is 0.794. The monoisotopic (exact) mass is 263 g/mol. The summed E-state index contributed by atoms with van der Waals surface area (Å²) in [5.41, 5.74) is 4.31. The normalized spacial score (nSPS) is 10.7. The number of benzene rings is 1. The molecule has 0 radical (unpaired) electrons. The lowest BCUT2D eigenvalue weighted by Crippen LogP contribution is -2.00. The summed E-state index contributed by atoms with van der Waals surface area (Å²) in [6, 6.07) is 5.55. The third-order valence-corrected chi connectivity index (χ3v) is 3.33. The predicted octanol–water partition coefficient (Wildman–Crippen LogP) is 3.37. The van der Waals surface area contributed by atoms with Crippen LogP contribution >= 0.6 is 0 Å². The highest BCUT2D eigenvalue weighted by molar-refractivity contribution is 5.84. The molecule has 0 aliphatic heterocycles. The van der Waals surface area contributed by atoms with Crippen LogP contribution in [0.2, 0.25) is 0 Å². The Bertz CT molecular complexity index is 826. The minimum absolute atomic E-state index is 0.625. The minimum Gasteiger partial charge on any atom is -0.325 e. The molecule has 0 unspecified atom stereocenters. The van der Waals surface area contributed by atoms with Gasteiger partial charge in [-0.3, -0.25) is 0 Å². The fourth-order valence-corrected chi connectivity index (χ4v) is 2.32. The van der Waals surface area contributed by atoms with Crippen LogP contribution in [0.25, 0.3) is 27.3 Å². The summed E-state index contributed by atoms with van der Waals surface area (Å²) in [6.45, 7) is 11.9. The first-order valence-electron chi connectivity index (χ1n) is 6.39. The highest BCUT2D eigenvalue weighted by Gasteiger charge is 2.14. The molecule has 0 amide bonds. The number of aromatic nitrogens is 4. The molecule has 5 nitrogen and oxygen atoms in total.